The fraction of sp³-hybridized carbons (Fsp3) is 0.167. The first-order valence-electron chi connectivity index (χ1n) is 9.98. The van der Waals surface area contributed by atoms with Crippen LogP contribution in [0.15, 0.2) is 61.1 Å². The lowest BCUT2D eigenvalue weighted by atomic mass is 10.1. The summed E-state index contributed by atoms with van der Waals surface area (Å²) in [6.07, 6.45) is 3.51. The molecule has 0 radical (unpaired) electrons. The van der Waals surface area contributed by atoms with Crippen molar-refractivity contribution < 1.29 is 4.39 Å². The van der Waals surface area contributed by atoms with E-state index >= 15 is 0 Å². The maximum Gasteiger partial charge on any atom is 0.130 e. The zero-order valence-corrected chi connectivity index (χ0v) is 16.9. The first-order valence-corrected chi connectivity index (χ1v) is 9.98. The summed E-state index contributed by atoms with van der Waals surface area (Å²) in [7, 11) is 0. The number of nitrogens with one attached hydrogen (secondary N) is 2. The maximum absolute atomic E-state index is 13.9. The van der Waals surface area contributed by atoms with Crippen molar-refractivity contribution >= 4 is 27.6 Å². The summed E-state index contributed by atoms with van der Waals surface area (Å²) >= 11 is 0. The summed E-state index contributed by atoms with van der Waals surface area (Å²) in [4.78, 5) is 12.0. The molecule has 0 spiro atoms. The lowest BCUT2D eigenvalue weighted by Crippen LogP contribution is -2.12. The van der Waals surface area contributed by atoms with Gasteiger partial charge in [0, 0.05) is 52.9 Å². The summed E-state index contributed by atoms with van der Waals surface area (Å²) in [5.74, 6) is 0.567. The van der Waals surface area contributed by atoms with Crippen molar-refractivity contribution in [2.24, 2.45) is 0 Å². The van der Waals surface area contributed by atoms with E-state index in [1.807, 2.05) is 25.3 Å². The summed E-state index contributed by atoms with van der Waals surface area (Å²) < 4.78 is 16.0. The van der Waals surface area contributed by atoms with Crippen LogP contribution in [0.2, 0.25) is 0 Å². The van der Waals surface area contributed by atoms with Gasteiger partial charge >= 0.3 is 0 Å². The number of aromatic nitrogens is 4. The second-order valence-corrected chi connectivity index (χ2v) is 7.59. The number of H-pyrrole nitrogens is 1. The van der Waals surface area contributed by atoms with E-state index in [2.05, 4.69) is 56.0 Å². The number of fused-ring (bicyclic) bond motifs is 2. The molecule has 0 saturated carbocycles. The Hall–Kier alpha value is -3.67. The van der Waals surface area contributed by atoms with Gasteiger partial charge in [0.15, 0.2) is 0 Å². The van der Waals surface area contributed by atoms with Crippen molar-refractivity contribution in [2.45, 2.75) is 20.4 Å². The highest BCUT2D eigenvalue weighted by Gasteiger charge is 2.10. The SMILES string of the molecule is Cc1cc(F)cc2c1cc(C)n2CCNc1cc(-c2ccc3[nH]ccc3c2)ncn1. The van der Waals surface area contributed by atoms with Gasteiger partial charge in [0.25, 0.3) is 0 Å². The number of hydrogen-bond donors (Lipinski definition) is 2. The largest absolute Gasteiger partial charge is 0.368 e. The van der Waals surface area contributed by atoms with E-state index in [9.17, 15) is 4.39 Å². The van der Waals surface area contributed by atoms with Gasteiger partial charge in [-0.1, -0.05) is 6.07 Å². The highest BCUT2D eigenvalue weighted by molar-refractivity contribution is 5.85. The zero-order valence-electron chi connectivity index (χ0n) is 16.9. The molecule has 30 heavy (non-hydrogen) atoms. The number of aryl methyl sites for hydroxylation is 2. The van der Waals surface area contributed by atoms with Gasteiger partial charge < -0.3 is 14.9 Å². The van der Waals surface area contributed by atoms with Crippen LogP contribution in [-0.4, -0.2) is 26.1 Å². The topological polar surface area (TPSA) is 58.5 Å². The van der Waals surface area contributed by atoms with E-state index in [1.54, 1.807) is 18.5 Å². The second-order valence-electron chi connectivity index (χ2n) is 7.59. The average molecular weight is 399 g/mol. The standard InChI is InChI=1S/C24H22FN5/c1-15-9-19(25)12-23-20(15)10-16(2)30(23)8-7-27-24-13-22(28-14-29-24)17-3-4-21-18(11-17)5-6-26-21/h3-6,9-14,26H,7-8H2,1-2H3,(H,27,28,29). The molecule has 0 saturated heterocycles. The Morgan fingerprint density at radius 2 is 1.93 bits per heavy atom. The van der Waals surface area contributed by atoms with Crippen LogP contribution in [0, 0.1) is 19.7 Å². The van der Waals surface area contributed by atoms with Crippen LogP contribution in [0.3, 0.4) is 0 Å². The Kier molecular flexibility index (Phi) is 4.47. The number of rotatable bonds is 5. The molecule has 0 fully saturated rings. The van der Waals surface area contributed by atoms with Gasteiger partial charge in [-0.05, 0) is 55.8 Å². The molecule has 6 heteroatoms. The molecule has 150 valence electrons. The molecular weight excluding hydrogens is 377 g/mol. The van der Waals surface area contributed by atoms with Crippen LogP contribution < -0.4 is 5.32 Å². The van der Waals surface area contributed by atoms with Gasteiger partial charge in [0.1, 0.15) is 18.0 Å². The van der Waals surface area contributed by atoms with Crippen molar-refractivity contribution in [1.82, 2.24) is 19.5 Å². The second kappa shape index (κ2) is 7.30. The molecule has 3 heterocycles. The third-order valence-electron chi connectivity index (χ3n) is 5.56. The van der Waals surface area contributed by atoms with Crippen LogP contribution in [0.5, 0.6) is 0 Å². The molecule has 5 rings (SSSR count). The molecule has 5 nitrogen and oxygen atoms in total. The van der Waals surface area contributed by atoms with Crippen LogP contribution in [-0.2, 0) is 6.54 Å². The predicted molar refractivity (Wildman–Crippen MR) is 119 cm³/mol. The number of nitrogens with zero attached hydrogens (tertiary/aromatic N) is 3. The van der Waals surface area contributed by atoms with Crippen LogP contribution >= 0.6 is 0 Å². The lowest BCUT2D eigenvalue weighted by Gasteiger charge is -2.11. The first kappa shape index (κ1) is 18.4. The average Bonchev–Trinajstić information content (AvgIpc) is 3.33. The van der Waals surface area contributed by atoms with Crippen molar-refractivity contribution in [2.75, 3.05) is 11.9 Å². The van der Waals surface area contributed by atoms with Crippen LogP contribution in [0.1, 0.15) is 11.3 Å². The predicted octanol–water partition coefficient (Wildman–Crippen LogP) is 5.45. The molecule has 5 aromatic rings. The van der Waals surface area contributed by atoms with E-state index in [4.69, 9.17) is 0 Å². The number of benzene rings is 2. The van der Waals surface area contributed by atoms with Crippen molar-refractivity contribution in [3.05, 3.63) is 78.1 Å². The van der Waals surface area contributed by atoms with E-state index < -0.39 is 0 Å². The molecule has 2 N–H and O–H groups in total. The Balaban J connectivity index is 1.35. The summed E-state index contributed by atoms with van der Waals surface area (Å²) in [6, 6.07) is 15.5. The number of anilines is 1. The van der Waals surface area contributed by atoms with Crippen LogP contribution in [0.4, 0.5) is 10.2 Å². The molecule has 0 aliphatic rings. The van der Waals surface area contributed by atoms with Crippen molar-refractivity contribution in [1.29, 1.82) is 0 Å². The summed E-state index contributed by atoms with van der Waals surface area (Å²) in [5.41, 5.74) is 6.02. The highest BCUT2D eigenvalue weighted by Crippen LogP contribution is 2.25. The lowest BCUT2D eigenvalue weighted by molar-refractivity contribution is 0.626. The van der Waals surface area contributed by atoms with E-state index in [-0.39, 0.29) is 5.82 Å². The minimum Gasteiger partial charge on any atom is -0.368 e. The number of aromatic amines is 1. The Morgan fingerprint density at radius 1 is 1.03 bits per heavy atom. The minimum absolute atomic E-state index is 0.202. The first-order chi connectivity index (χ1) is 14.6. The maximum atomic E-state index is 13.9. The molecule has 0 bridgehead atoms. The monoisotopic (exact) mass is 399 g/mol. The van der Waals surface area contributed by atoms with Crippen molar-refractivity contribution in [3.63, 3.8) is 0 Å². The fourth-order valence-corrected chi connectivity index (χ4v) is 4.04. The van der Waals surface area contributed by atoms with E-state index in [0.717, 1.165) is 50.1 Å². The molecular formula is C24H22FN5. The van der Waals surface area contributed by atoms with Crippen molar-refractivity contribution in [3.8, 4) is 11.3 Å². The Morgan fingerprint density at radius 3 is 2.83 bits per heavy atom. The Labute approximate surface area is 173 Å². The minimum atomic E-state index is -0.202. The summed E-state index contributed by atoms with van der Waals surface area (Å²) in [5, 5.41) is 5.62. The molecule has 0 atom stereocenters. The quantitative estimate of drug-likeness (QED) is 0.413. The van der Waals surface area contributed by atoms with Gasteiger partial charge in [-0.2, -0.15) is 0 Å². The molecule has 3 aromatic heterocycles. The van der Waals surface area contributed by atoms with Gasteiger partial charge in [-0.15, -0.1) is 0 Å². The molecule has 2 aromatic carbocycles. The number of halogens is 1. The van der Waals surface area contributed by atoms with Gasteiger partial charge in [-0.3, -0.25) is 0 Å². The fourth-order valence-electron chi connectivity index (χ4n) is 4.04. The highest BCUT2D eigenvalue weighted by atomic mass is 19.1. The third kappa shape index (κ3) is 3.30. The third-order valence-corrected chi connectivity index (χ3v) is 5.56. The smallest absolute Gasteiger partial charge is 0.130 e. The molecule has 0 unspecified atom stereocenters. The van der Waals surface area contributed by atoms with E-state index in [1.165, 1.54) is 0 Å². The van der Waals surface area contributed by atoms with E-state index in [0.29, 0.717) is 13.1 Å². The van der Waals surface area contributed by atoms with Gasteiger partial charge in [-0.25, -0.2) is 14.4 Å². The number of hydrogen-bond acceptors (Lipinski definition) is 3. The molecule has 0 amide bonds. The summed E-state index contributed by atoms with van der Waals surface area (Å²) in [6.45, 7) is 5.39. The van der Waals surface area contributed by atoms with Gasteiger partial charge in [0.05, 0.1) is 11.2 Å². The van der Waals surface area contributed by atoms with Crippen LogP contribution in [0.25, 0.3) is 33.1 Å². The molecule has 0 aliphatic carbocycles. The normalized spacial score (nSPS) is 11.4. The van der Waals surface area contributed by atoms with Gasteiger partial charge in [0.2, 0.25) is 0 Å². The zero-order chi connectivity index (χ0) is 20.7. The Bertz CT molecular complexity index is 1370. The molecule has 0 aliphatic heterocycles.